The van der Waals surface area contributed by atoms with E-state index in [2.05, 4.69) is 19.2 Å². The van der Waals surface area contributed by atoms with Crippen LogP contribution in [-0.4, -0.2) is 12.6 Å². The number of hydrogen-bond acceptors (Lipinski definition) is 1. The predicted molar refractivity (Wildman–Crippen MR) is 56.8 cm³/mol. The van der Waals surface area contributed by atoms with Crippen molar-refractivity contribution in [3.05, 3.63) is 0 Å². The van der Waals surface area contributed by atoms with Gasteiger partial charge in [0.2, 0.25) is 0 Å². The molecule has 1 spiro atoms. The molecule has 1 N–H and O–H groups in total. The molecule has 1 atom stereocenters. The third-order valence-corrected chi connectivity index (χ3v) is 4.18. The predicted octanol–water partition coefficient (Wildman–Crippen LogP) is 2.95. The van der Waals surface area contributed by atoms with Gasteiger partial charge in [-0.1, -0.05) is 26.7 Å². The first-order valence-corrected chi connectivity index (χ1v) is 5.95. The first-order valence-electron chi connectivity index (χ1n) is 5.95. The Morgan fingerprint density at radius 3 is 2.46 bits per heavy atom. The van der Waals surface area contributed by atoms with E-state index < -0.39 is 0 Å². The second kappa shape index (κ2) is 3.61. The Morgan fingerprint density at radius 1 is 1.15 bits per heavy atom. The fraction of sp³-hybridized carbons (Fsp3) is 1.00. The zero-order valence-corrected chi connectivity index (χ0v) is 9.10. The Bertz CT molecular complexity index is 168. The van der Waals surface area contributed by atoms with Gasteiger partial charge < -0.3 is 5.32 Å². The molecule has 1 aliphatic carbocycles. The maximum atomic E-state index is 3.67. The first kappa shape index (κ1) is 9.51. The second-order valence-electron chi connectivity index (χ2n) is 5.47. The fourth-order valence-corrected chi connectivity index (χ4v) is 3.21. The molecule has 0 aromatic carbocycles. The van der Waals surface area contributed by atoms with Crippen LogP contribution in [-0.2, 0) is 0 Å². The highest BCUT2D eigenvalue weighted by Gasteiger charge is 2.38. The number of nitrogens with one attached hydrogen (secondary N) is 1. The van der Waals surface area contributed by atoms with Crippen molar-refractivity contribution >= 4 is 0 Å². The Labute approximate surface area is 82.3 Å². The lowest BCUT2D eigenvalue weighted by Crippen LogP contribution is -2.45. The molecule has 1 nitrogen and oxygen atoms in total. The minimum Gasteiger partial charge on any atom is -0.314 e. The van der Waals surface area contributed by atoms with Crippen LogP contribution in [0.1, 0.15) is 52.4 Å². The smallest absolute Gasteiger partial charge is 0.00953 e. The monoisotopic (exact) mass is 181 g/mol. The average molecular weight is 181 g/mol. The molecule has 1 heterocycles. The average Bonchev–Trinajstić information content (AvgIpc) is 2.53. The standard InChI is InChI=1S/C12H23N/c1-10(2)11-9-12(7-8-13-11)5-3-4-6-12/h10-11,13H,3-9H2,1-2H3. The zero-order chi connectivity index (χ0) is 9.31. The summed E-state index contributed by atoms with van der Waals surface area (Å²) < 4.78 is 0. The Balaban J connectivity index is 1.98. The maximum Gasteiger partial charge on any atom is 0.00953 e. The quantitative estimate of drug-likeness (QED) is 0.656. The summed E-state index contributed by atoms with van der Waals surface area (Å²) in [5.41, 5.74) is 0.764. The van der Waals surface area contributed by atoms with Crippen LogP contribution >= 0.6 is 0 Å². The van der Waals surface area contributed by atoms with E-state index in [1.807, 2.05) is 0 Å². The molecule has 0 aromatic rings. The molecule has 2 rings (SSSR count). The summed E-state index contributed by atoms with van der Waals surface area (Å²) in [7, 11) is 0. The third-order valence-electron chi connectivity index (χ3n) is 4.18. The molecule has 0 radical (unpaired) electrons. The highest BCUT2D eigenvalue weighted by atomic mass is 14.9. The van der Waals surface area contributed by atoms with E-state index in [9.17, 15) is 0 Å². The molecule has 2 fully saturated rings. The number of rotatable bonds is 1. The number of piperidine rings is 1. The van der Waals surface area contributed by atoms with Crippen LogP contribution in [0.5, 0.6) is 0 Å². The Hall–Kier alpha value is -0.0400. The number of hydrogen-bond donors (Lipinski definition) is 1. The van der Waals surface area contributed by atoms with Crippen molar-refractivity contribution in [2.24, 2.45) is 11.3 Å². The molecule has 1 saturated heterocycles. The molecule has 1 heteroatoms. The van der Waals surface area contributed by atoms with Gasteiger partial charge in [0, 0.05) is 6.04 Å². The van der Waals surface area contributed by atoms with Crippen LogP contribution < -0.4 is 5.32 Å². The molecule has 1 aliphatic heterocycles. The van der Waals surface area contributed by atoms with Crippen LogP contribution in [0.15, 0.2) is 0 Å². The summed E-state index contributed by atoms with van der Waals surface area (Å²) in [6, 6.07) is 0.798. The molecule has 13 heavy (non-hydrogen) atoms. The van der Waals surface area contributed by atoms with Crippen molar-refractivity contribution in [1.82, 2.24) is 5.32 Å². The van der Waals surface area contributed by atoms with Gasteiger partial charge in [0.05, 0.1) is 0 Å². The largest absolute Gasteiger partial charge is 0.314 e. The normalized spacial score (nSPS) is 33.0. The van der Waals surface area contributed by atoms with E-state index >= 15 is 0 Å². The van der Waals surface area contributed by atoms with Crippen LogP contribution in [0.2, 0.25) is 0 Å². The van der Waals surface area contributed by atoms with Gasteiger partial charge in [0.15, 0.2) is 0 Å². The zero-order valence-electron chi connectivity index (χ0n) is 9.10. The molecule has 76 valence electrons. The van der Waals surface area contributed by atoms with Crippen LogP contribution in [0, 0.1) is 11.3 Å². The SMILES string of the molecule is CC(C)C1CC2(CCCC2)CCN1. The Morgan fingerprint density at radius 2 is 1.85 bits per heavy atom. The van der Waals surface area contributed by atoms with Crippen molar-refractivity contribution in [3.63, 3.8) is 0 Å². The highest BCUT2D eigenvalue weighted by molar-refractivity contribution is 4.93. The molecule has 0 bridgehead atoms. The third kappa shape index (κ3) is 1.90. The van der Waals surface area contributed by atoms with E-state index in [-0.39, 0.29) is 0 Å². The molecule has 1 saturated carbocycles. The summed E-state index contributed by atoms with van der Waals surface area (Å²) in [6.07, 6.45) is 8.90. The van der Waals surface area contributed by atoms with Gasteiger partial charge in [0.25, 0.3) is 0 Å². The summed E-state index contributed by atoms with van der Waals surface area (Å²) in [4.78, 5) is 0. The van der Waals surface area contributed by atoms with Crippen molar-refractivity contribution in [1.29, 1.82) is 0 Å². The van der Waals surface area contributed by atoms with E-state index in [4.69, 9.17) is 0 Å². The molecular weight excluding hydrogens is 158 g/mol. The van der Waals surface area contributed by atoms with E-state index in [0.29, 0.717) is 0 Å². The van der Waals surface area contributed by atoms with E-state index in [1.165, 1.54) is 45.1 Å². The van der Waals surface area contributed by atoms with Gasteiger partial charge in [0.1, 0.15) is 0 Å². The lowest BCUT2D eigenvalue weighted by atomic mass is 9.73. The van der Waals surface area contributed by atoms with Gasteiger partial charge >= 0.3 is 0 Å². The van der Waals surface area contributed by atoms with E-state index in [1.54, 1.807) is 0 Å². The summed E-state index contributed by atoms with van der Waals surface area (Å²) >= 11 is 0. The highest BCUT2D eigenvalue weighted by Crippen LogP contribution is 2.46. The molecule has 0 aromatic heterocycles. The van der Waals surface area contributed by atoms with Crippen molar-refractivity contribution in [2.45, 2.75) is 58.4 Å². The van der Waals surface area contributed by atoms with Crippen molar-refractivity contribution < 1.29 is 0 Å². The first-order chi connectivity index (χ1) is 6.22. The van der Waals surface area contributed by atoms with Gasteiger partial charge in [-0.15, -0.1) is 0 Å². The van der Waals surface area contributed by atoms with Gasteiger partial charge in [-0.05, 0) is 43.6 Å². The van der Waals surface area contributed by atoms with Gasteiger partial charge in [-0.3, -0.25) is 0 Å². The van der Waals surface area contributed by atoms with Crippen LogP contribution in [0.4, 0.5) is 0 Å². The summed E-state index contributed by atoms with van der Waals surface area (Å²) in [5.74, 6) is 0.817. The fourth-order valence-electron chi connectivity index (χ4n) is 3.21. The van der Waals surface area contributed by atoms with E-state index in [0.717, 1.165) is 17.4 Å². The van der Waals surface area contributed by atoms with Gasteiger partial charge in [-0.25, -0.2) is 0 Å². The minimum atomic E-state index is 0.764. The second-order valence-corrected chi connectivity index (χ2v) is 5.47. The lowest BCUT2D eigenvalue weighted by Gasteiger charge is -2.40. The van der Waals surface area contributed by atoms with Crippen molar-refractivity contribution in [2.75, 3.05) is 6.54 Å². The topological polar surface area (TPSA) is 12.0 Å². The van der Waals surface area contributed by atoms with Crippen molar-refractivity contribution in [3.8, 4) is 0 Å². The van der Waals surface area contributed by atoms with Crippen LogP contribution in [0.3, 0.4) is 0 Å². The molecule has 2 aliphatic rings. The Kier molecular flexibility index (Phi) is 2.64. The molecule has 1 unspecified atom stereocenters. The molecular formula is C12H23N. The summed E-state index contributed by atoms with van der Waals surface area (Å²) in [5, 5.41) is 3.67. The van der Waals surface area contributed by atoms with Gasteiger partial charge in [-0.2, -0.15) is 0 Å². The minimum absolute atomic E-state index is 0.764. The lowest BCUT2D eigenvalue weighted by molar-refractivity contribution is 0.147. The molecule has 0 amide bonds. The maximum absolute atomic E-state index is 3.67. The van der Waals surface area contributed by atoms with Crippen LogP contribution in [0.25, 0.3) is 0 Å². The summed E-state index contributed by atoms with van der Waals surface area (Å²) in [6.45, 7) is 5.97.